The molecule has 0 spiro atoms. The Morgan fingerprint density at radius 1 is 1.06 bits per heavy atom. The molecule has 2 aromatic heterocycles. The topological polar surface area (TPSA) is 87.7 Å². The van der Waals surface area contributed by atoms with E-state index in [0.29, 0.717) is 52.5 Å². The predicted molar refractivity (Wildman–Crippen MR) is 126 cm³/mol. The van der Waals surface area contributed by atoms with Crippen LogP contribution in [-0.4, -0.2) is 27.3 Å². The fourth-order valence-electron chi connectivity index (χ4n) is 4.32. The molecular weight excluding hydrogens is 424 g/mol. The fraction of sp³-hybridized carbons (Fsp3) is 0.200. The van der Waals surface area contributed by atoms with Gasteiger partial charge >= 0.3 is 0 Å². The van der Waals surface area contributed by atoms with Crippen LogP contribution in [0.5, 0.6) is 0 Å². The van der Waals surface area contributed by atoms with Crippen LogP contribution in [0.25, 0.3) is 11.0 Å². The molecular formula is C25H21ClN4O2. The van der Waals surface area contributed by atoms with Crippen LogP contribution in [0, 0.1) is 0 Å². The van der Waals surface area contributed by atoms with Crippen molar-refractivity contribution in [1.29, 1.82) is 0 Å². The molecule has 5 rings (SSSR count). The van der Waals surface area contributed by atoms with E-state index in [2.05, 4.69) is 32.4 Å². The van der Waals surface area contributed by atoms with Crippen molar-refractivity contribution in [3.63, 3.8) is 0 Å². The highest BCUT2D eigenvalue weighted by atomic mass is 35.5. The minimum absolute atomic E-state index is 0.0184. The van der Waals surface area contributed by atoms with Crippen LogP contribution in [0.1, 0.15) is 39.4 Å². The number of nitrogens with zero attached hydrogens (tertiary/aromatic N) is 2. The third-order valence-corrected chi connectivity index (χ3v) is 6.13. The summed E-state index contributed by atoms with van der Waals surface area (Å²) in [4.78, 5) is 37.5. The first-order valence-corrected chi connectivity index (χ1v) is 10.9. The van der Waals surface area contributed by atoms with Crippen LogP contribution in [-0.2, 0) is 12.8 Å². The smallest absolute Gasteiger partial charge is 0.262 e. The van der Waals surface area contributed by atoms with E-state index in [4.69, 9.17) is 11.6 Å². The Bertz CT molecular complexity index is 1370. The van der Waals surface area contributed by atoms with Crippen LogP contribution in [0.2, 0.25) is 5.02 Å². The highest BCUT2D eigenvalue weighted by molar-refractivity contribution is 6.30. The fourth-order valence-corrected chi connectivity index (χ4v) is 4.52. The number of pyridine rings is 1. The van der Waals surface area contributed by atoms with E-state index in [9.17, 15) is 9.59 Å². The van der Waals surface area contributed by atoms with Gasteiger partial charge in [0, 0.05) is 29.7 Å². The molecule has 0 fully saturated rings. The van der Waals surface area contributed by atoms with Crippen molar-refractivity contribution < 1.29 is 4.79 Å². The van der Waals surface area contributed by atoms with E-state index in [1.807, 2.05) is 42.5 Å². The summed E-state index contributed by atoms with van der Waals surface area (Å²) in [6.45, 7) is 0.624. The number of aromatic amines is 1. The van der Waals surface area contributed by atoms with Gasteiger partial charge in [-0.05, 0) is 47.6 Å². The molecule has 2 N–H and O–H groups in total. The average molecular weight is 445 g/mol. The number of hydrogen-bond acceptors (Lipinski definition) is 5. The normalized spacial score (nSPS) is 15.5. The third-order valence-electron chi connectivity index (χ3n) is 5.89. The van der Waals surface area contributed by atoms with Crippen LogP contribution in [0.3, 0.4) is 0 Å². The molecule has 4 aromatic rings. The molecule has 0 saturated heterocycles. The number of fused-ring (bicyclic) bond motifs is 3. The summed E-state index contributed by atoms with van der Waals surface area (Å²) in [6.07, 6.45) is 3.28. The standard InChI is InChI=1S/C25H21ClN4O2/c26-18-8-4-7-16(11-18)17-12-19-20(21(31)13-17)14-28-23-22(19)24(32)30-25(29-23)27-10-9-15-5-2-1-3-6-15/h1-8,11,14,17H,9-10,12-13H2,(H2,27,28,29,30,32)/t17-/m0/s1. The van der Waals surface area contributed by atoms with Crippen molar-refractivity contribution in [2.75, 3.05) is 11.9 Å². The lowest BCUT2D eigenvalue weighted by Crippen LogP contribution is -2.23. The lowest BCUT2D eigenvalue weighted by Gasteiger charge is -2.24. The number of ketones is 1. The summed E-state index contributed by atoms with van der Waals surface area (Å²) < 4.78 is 0. The van der Waals surface area contributed by atoms with Crippen molar-refractivity contribution in [2.45, 2.75) is 25.2 Å². The molecule has 32 heavy (non-hydrogen) atoms. The molecule has 6 nitrogen and oxygen atoms in total. The summed E-state index contributed by atoms with van der Waals surface area (Å²) >= 11 is 6.15. The monoisotopic (exact) mass is 444 g/mol. The SMILES string of the molecule is O=C1C[C@@H](c2cccc(Cl)c2)Cc2c1cnc1nc(NCCc3ccccc3)[nH]c(=O)c21. The van der Waals surface area contributed by atoms with Gasteiger partial charge in [-0.25, -0.2) is 4.98 Å². The maximum absolute atomic E-state index is 13.0. The molecule has 0 amide bonds. The van der Waals surface area contributed by atoms with E-state index in [-0.39, 0.29) is 17.3 Å². The molecule has 2 aromatic carbocycles. The molecule has 160 valence electrons. The van der Waals surface area contributed by atoms with Crippen molar-refractivity contribution in [2.24, 2.45) is 0 Å². The summed E-state index contributed by atoms with van der Waals surface area (Å²) in [5.41, 5.74) is 3.45. The van der Waals surface area contributed by atoms with Gasteiger partial charge in [0.05, 0.1) is 5.39 Å². The van der Waals surface area contributed by atoms with Crippen LogP contribution in [0.4, 0.5) is 5.95 Å². The first-order chi connectivity index (χ1) is 15.6. The number of carbonyl (C=O) groups excluding carboxylic acids is 1. The summed E-state index contributed by atoms with van der Waals surface area (Å²) in [5, 5.41) is 4.18. The summed E-state index contributed by atoms with van der Waals surface area (Å²) in [5.74, 6) is 0.317. The van der Waals surface area contributed by atoms with Crippen molar-refractivity contribution in [3.8, 4) is 0 Å². The predicted octanol–water partition coefficient (Wildman–Crippen LogP) is 4.54. The second kappa shape index (κ2) is 8.55. The number of aromatic nitrogens is 3. The quantitative estimate of drug-likeness (QED) is 0.472. The van der Waals surface area contributed by atoms with E-state index < -0.39 is 0 Å². The second-order valence-corrected chi connectivity index (χ2v) is 8.45. The highest BCUT2D eigenvalue weighted by Crippen LogP contribution is 2.35. The lowest BCUT2D eigenvalue weighted by molar-refractivity contribution is 0.0964. The van der Waals surface area contributed by atoms with Crippen LogP contribution in [0.15, 0.2) is 65.6 Å². The molecule has 0 aliphatic heterocycles. The molecule has 1 atom stereocenters. The van der Waals surface area contributed by atoms with Crippen molar-refractivity contribution in [3.05, 3.63) is 98.4 Å². The number of benzene rings is 2. The molecule has 0 bridgehead atoms. The molecule has 7 heteroatoms. The molecule has 1 aliphatic carbocycles. The average Bonchev–Trinajstić information content (AvgIpc) is 2.79. The van der Waals surface area contributed by atoms with Gasteiger partial charge in [-0.2, -0.15) is 4.98 Å². The first-order valence-electron chi connectivity index (χ1n) is 10.6. The van der Waals surface area contributed by atoms with E-state index in [0.717, 1.165) is 12.0 Å². The molecule has 2 heterocycles. The van der Waals surface area contributed by atoms with E-state index in [1.54, 1.807) is 6.20 Å². The molecule has 1 aliphatic rings. The number of nitrogens with one attached hydrogen (secondary N) is 2. The zero-order valence-corrected chi connectivity index (χ0v) is 18.0. The number of hydrogen-bond donors (Lipinski definition) is 2. The highest BCUT2D eigenvalue weighted by Gasteiger charge is 2.29. The van der Waals surface area contributed by atoms with Crippen molar-refractivity contribution >= 4 is 34.4 Å². The van der Waals surface area contributed by atoms with Gasteiger partial charge in [0.15, 0.2) is 11.4 Å². The Hall–Kier alpha value is -3.51. The number of anilines is 1. The van der Waals surface area contributed by atoms with Gasteiger partial charge in [-0.15, -0.1) is 0 Å². The number of Topliss-reactive ketones (excluding diaryl/α,β-unsaturated/α-hetero) is 1. The number of rotatable bonds is 5. The number of H-pyrrole nitrogens is 1. The minimum Gasteiger partial charge on any atom is -0.355 e. The van der Waals surface area contributed by atoms with Crippen molar-refractivity contribution in [1.82, 2.24) is 15.0 Å². The van der Waals surface area contributed by atoms with E-state index >= 15 is 0 Å². The van der Waals surface area contributed by atoms with Gasteiger partial charge in [0.2, 0.25) is 5.95 Å². The molecule has 0 unspecified atom stereocenters. The Labute approximate surface area is 189 Å². The van der Waals surface area contributed by atoms with Crippen LogP contribution < -0.4 is 10.9 Å². The summed E-state index contributed by atoms with van der Waals surface area (Å²) in [6, 6.07) is 17.6. The third kappa shape index (κ3) is 4.01. The zero-order valence-electron chi connectivity index (χ0n) is 17.3. The Balaban J connectivity index is 1.45. The maximum Gasteiger partial charge on any atom is 0.262 e. The Morgan fingerprint density at radius 3 is 2.72 bits per heavy atom. The van der Waals surface area contributed by atoms with Crippen LogP contribution >= 0.6 is 11.6 Å². The number of carbonyl (C=O) groups is 1. The lowest BCUT2D eigenvalue weighted by atomic mass is 9.79. The second-order valence-electron chi connectivity index (χ2n) is 8.01. The van der Waals surface area contributed by atoms with Gasteiger partial charge in [0.25, 0.3) is 5.56 Å². The van der Waals surface area contributed by atoms with Gasteiger partial charge in [-0.3, -0.25) is 14.6 Å². The van der Waals surface area contributed by atoms with Gasteiger partial charge in [0.1, 0.15) is 0 Å². The largest absolute Gasteiger partial charge is 0.355 e. The summed E-state index contributed by atoms with van der Waals surface area (Å²) in [7, 11) is 0. The minimum atomic E-state index is -0.291. The number of halogens is 1. The zero-order chi connectivity index (χ0) is 22.1. The van der Waals surface area contributed by atoms with Gasteiger partial charge in [-0.1, -0.05) is 54.1 Å². The Kier molecular flexibility index (Phi) is 5.45. The van der Waals surface area contributed by atoms with Gasteiger partial charge < -0.3 is 5.32 Å². The Morgan fingerprint density at radius 2 is 1.91 bits per heavy atom. The first kappa shape index (κ1) is 20.4. The molecule has 0 saturated carbocycles. The van der Waals surface area contributed by atoms with E-state index in [1.165, 1.54) is 5.56 Å². The molecule has 0 radical (unpaired) electrons. The maximum atomic E-state index is 13.0.